The fourth-order valence-electron chi connectivity index (χ4n) is 3.90. The van der Waals surface area contributed by atoms with E-state index in [9.17, 15) is 26.7 Å². The molecule has 3 aromatic rings. The van der Waals surface area contributed by atoms with Crippen molar-refractivity contribution >= 4 is 23.3 Å². The van der Waals surface area contributed by atoms with Crippen LogP contribution in [0.4, 0.5) is 27.6 Å². The average molecular weight is 560 g/mol. The number of piperidine rings is 1. The molecule has 1 saturated heterocycles. The van der Waals surface area contributed by atoms with Gasteiger partial charge < -0.3 is 10.0 Å². The zero-order valence-electron chi connectivity index (χ0n) is 20.0. The van der Waals surface area contributed by atoms with E-state index >= 15 is 0 Å². The van der Waals surface area contributed by atoms with E-state index in [1.807, 2.05) is 24.1 Å². The number of hydrogen-bond acceptors (Lipinski definition) is 6. The normalized spacial score (nSPS) is 14.5. The van der Waals surface area contributed by atoms with Crippen LogP contribution in [0.3, 0.4) is 0 Å². The summed E-state index contributed by atoms with van der Waals surface area (Å²) in [6.45, 7) is 2.71. The maximum absolute atomic E-state index is 14.1. The van der Waals surface area contributed by atoms with Crippen LogP contribution in [0.1, 0.15) is 18.4 Å². The number of anilines is 1. The molecular weight excluding hydrogens is 537 g/mol. The van der Waals surface area contributed by atoms with E-state index in [0.717, 1.165) is 49.3 Å². The number of benzene rings is 1. The number of rotatable bonds is 5. The summed E-state index contributed by atoms with van der Waals surface area (Å²) in [5.74, 6) is -4.37. The van der Waals surface area contributed by atoms with Gasteiger partial charge in [0, 0.05) is 51.2 Å². The summed E-state index contributed by atoms with van der Waals surface area (Å²) < 4.78 is 59.9. The number of carboxylic acid groups (broad SMARTS) is 1. The lowest BCUT2D eigenvalue weighted by atomic mass is 10.0. The first-order valence-corrected chi connectivity index (χ1v) is 11.6. The van der Waals surface area contributed by atoms with E-state index in [4.69, 9.17) is 21.5 Å². The van der Waals surface area contributed by atoms with Crippen LogP contribution in [0, 0.1) is 11.6 Å². The Labute approximate surface area is 218 Å². The Bertz CT molecular complexity index is 1320. The van der Waals surface area contributed by atoms with Crippen molar-refractivity contribution in [1.82, 2.24) is 19.7 Å². The van der Waals surface area contributed by atoms with E-state index in [0.29, 0.717) is 11.8 Å². The van der Waals surface area contributed by atoms with Crippen molar-refractivity contribution in [3.8, 4) is 5.69 Å². The summed E-state index contributed by atoms with van der Waals surface area (Å²) >= 11 is 6.35. The van der Waals surface area contributed by atoms with Gasteiger partial charge in [-0.3, -0.25) is 14.7 Å². The highest BCUT2D eigenvalue weighted by Crippen LogP contribution is 2.27. The number of likely N-dealkylation sites (tertiary alicyclic amines) is 1. The van der Waals surface area contributed by atoms with Gasteiger partial charge in [-0.05, 0) is 42.7 Å². The fraction of sp³-hybridized carbons (Fsp3) is 0.333. The second-order valence-corrected chi connectivity index (χ2v) is 8.81. The van der Waals surface area contributed by atoms with Gasteiger partial charge >= 0.3 is 12.1 Å². The topological polar surface area (TPSA) is 91.6 Å². The quantitative estimate of drug-likeness (QED) is 0.466. The van der Waals surface area contributed by atoms with Gasteiger partial charge in [0.05, 0.1) is 11.9 Å². The van der Waals surface area contributed by atoms with Crippen LogP contribution in [0.15, 0.2) is 53.7 Å². The van der Waals surface area contributed by atoms with Gasteiger partial charge in [0.2, 0.25) is 0 Å². The van der Waals surface area contributed by atoms with Gasteiger partial charge in [-0.1, -0.05) is 11.6 Å². The molecule has 1 aliphatic rings. The van der Waals surface area contributed by atoms with E-state index < -0.39 is 29.3 Å². The third kappa shape index (κ3) is 7.25. The molecule has 204 valence electrons. The molecule has 14 heteroatoms. The minimum atomic E-state index is -5.08. The Morgan fingerprint density at radius 2 is 1.76 bits per heavy atom. The highest BCUT2D eigenvalue weighted by molar-refractivity contribution is 6.33. The van der Waals surface area contributed by atoms with E-state index in [2.05, 4.69) is 15.0 Å². The lowest BCUT2D eigenvalue weighted by Gasteiger charge is -2.38. The van der Waals surface area contributed by atoms with Crippen LogP contribution in [-0.4, -0.2) is 63.1 Å². The molecule has 3 heterocycles. The number of halogens is 6. The van der Waals surface area contributed by atoms with Crippen molar-refractivity contribution in [1.29, 1.82) is 0 Å². The Morgan fingerprint density at radius 1 is 1.16 bits per heavy atom. The van der Waals surface area contributed by atoms with Crippen LogP contribution < -0.4 is 10.5 Å². The molecule has 0 atom stereocenters. The molecule has 1 aromatic carbocycles. The fourth-order valence-corrected chi connectivity index (χ4v) is 4.16. The van der Waals surface area contributed by atoms with Gasteiger partial charge in [0.15, 0.2) is 5.82 Å². The average Bonchev–Trinajstić information content (AvgIpc) is 2.87. The molecule has 0 spiro atoms. The predicted octanol–water partition coefficient (Wildman–Crippen LogP) is 4.29. The summed E-state index contributed by atoms with van der Waals surface area (Å²) in [4.78, 5) is 30.0. The molecule has 0 unspecified atom stereocenters. The number of alkyl halides is 3. The smallest absolute Gasteiger partial charge is 0.475 e. The molecule has 8 nitrogen and oxygen atoms in total. The van der Waals surface area contributed by atoms with E-state index in [1.54, 1.807) is 12.4 Å². The van der Waals surface area contributed by atoms with Gasteiger partial charge in [-0.2, -0.15) is 23.0 Å². The number of aliphatic carboxylic acids is 1. The molecular formula is C24H23ClF5N5O3. The minimum absolute atomic E-state index is 0.0413. The van der Waals surface area contributed by atoms with Crippen molar-refractivity contribution < 1.29 is 31.9 Å². The third-order valence-corrected chi connectivity index (χ3v) is 6.28. The van der Waals surface area contributed by atoms with Crippen LogP contribution in [0.2, 0.25) is 5.02 Å². The SMILES string of the molecule is CN(c1cnn(-c2ccc(F)cc2F)c(=O)c1Cl)C1CCN(Cc2ccncc2)CC1.O=C(O)C(F)(F)F. The summed E-state index contributed by atoms with van der Waals surface area (Å²) in [7, 11) is 1.88. The van der Waals surface area contributed by atoms with Gasteiger partial charge in [0.25, 0.3) is 5.56 Å². The molecule has 0 aliphatic carbocycles. The molecule has 0 bridgehead atoms. The van der Waals surface area contributed by atoms with Crippen molar-refractivity contribution in [2.45, 2.75) is 31.6 Å². The second-order valence-electron chi connectivity index (χ2n) is 8.43. The maximum atomic E-state index is 14.1. The van der Waals surface area contributed by atoms with Gasteiger partial charge in [-0.25, -0.2) is 13.6 Å². The lowest BCUT2D eigenvalue weighted by molar-refractivity contribution is -0.192. The lowest BCUT2D eigenvalue weighted by Crippen LogP contribution is -2.43. The Kier molecular flexibility index (Phi) is 9.39. The van der Waals surface area contributed by atoms with Crippen LogP contribution in [0.25, 0.3) is 5.69 Å². The monoisotopic (exact) mass is 559 g/mol. The van der Waals surface area contributed by atoms with E-state index in [-0.39, 0.29) is 16.8 Å². The van der Waals surface area contributed by atoms with Crippen LogP contribution >= 0.6 is 11.6 Å². The number of nitrogens with zero attached hydrogens (tertiary/aromatic N) is 5. The van der Waals surface area contributed by atoms with Crippen molar-refractivity contribution in [3.05, 3.63) is 81.5 Å². The molecule has 0 amide bonds. The first kappa shape index (κ1) is 29.0. The Hall–Kier alpha value is -3.58. The molecule has 2 aromatic heterocycles. The number of pyridine rings is 1. The molecule has 0 saturated carbocycles. The van der Waals surface area contributed by atoms with Crippen molar-refractivity contribution in [3.63, 3.8) is 0 Å². The highest BCUT2D eigenvalue weighted by atomic mass is 35.5. The van der Waals surface area contributed by atoms with Crippen LogP contribution in [0.5, 0.6) is 0 Å². The zero-order chi connectivity index (χ0) is 28.0. The third-order valence-electron chi connectivity index (χ3n) is 5.92. The Morgan fingerprint density at radius 3 is 2.32 bits per heavy atom. The number of hydrogen-bond donors (Lipinski definition) is 1. The predicted molar refractivity (Wildman–Crippen MR) is 129 cm³/mol. The molecule has 0 radical (unpaired) electrons. The molecule has 1 aliphatic heterocycles. The van der Waals surface area contributed by atoms with Gasteiger partial charge in [0.1, 0.15) is 16.5 Å². The van der Waals surface area contributed by atoms with Crippen molar-refractivity contribution in [2.75, 3.05) is 25.0 Å². The molecule has 38 heavy (non-hydrogen) atoms. The summed E-state index contributed by atoms with van der Waals surface area (Å²) in [5.41, 5.74) is 0.933. The number of aromatic nitrogens is 3. The summed E-state index contributed by atoms with van der Waals surface area (Å²) in [6, 6.07) is 7.17. The summed E-state index contributed by atoms with van der Waals surface area (Å²) in [6.07, 6.45) is 1.78. The first-order chi connectivity index (χ1) is 17.9. The minimum Gasteiger partial charge on any atom is -0.475 e. The van der Waals surface area contributed by atoms with Crippen LogP contribution in [-0.2, 0) is 11.3 Å². The Balaban J connectivity index is 0.000000505. The molecule has 1 N–H and O–H groups in total. The van der Waals surface area contributed by atoms with E-state index in [1.165, 1.54) is 11.8 Å². The highest BCUT2D eigenvalue weighted by Gasteiger charge is 2.38. The molecule has 4 rings (SSSR count). The van der Waals surface area contributed by atoms with Crippen molar-refractivity contribution in [2.24, 2.45) is 0 Å². The zero-order valence-corrected chi connectivity index (χ0v) is 20.8. The number of carboxylic acids is 1. The second kappa shape index (κ2) is 12.3. The molecule has 1 fully saturated rings. The first-order valence-electron chi connectivity index (χ1n) is 11.3. The standard InChI is InChI=1S/C22H22ClF2N5O.C2HF3O2/c1-28(17-6-10-29(11-7-17)14-15-4-8-26-9-5-15)20-13-27-30(22(31)21(20)23)19-3-2-16(24)12-18(19)25;3-2(4,5)1(6)7/h2-5,8-9,12-13,17H,6-7,10-11,14H2,1H3;(H,6,7). The van der Waals surface area contributed by atoms with Gasteiger partial charge in [-0.15, -0.1) is 0 Å². The number of carbonyl (C=O) groups is 1. The maximum Gasteiger partial charge on any atom is 0.490 e. The largest absolute Gasteiger partial charge is 0.490 e. The summed E-state index contributed by atoms with van der Waals surface area (Å²) in [5, 5.41) is 11.2.